The van der Waals surface area contributed by atoms with E-state index in [0.29, 0.717) is 38.2 Å². The molecule has 27 heavy (non-hydrogen) atoms. The van der Waals surface area contributed by atoms with Gasteiger partial charge >= 0.3 is 0 Å². The Bertz CT molecular complexity index is 749. The Kier molecular flexibility index (Phi) is 7.90. The molecule has 0 spiro atoms. The number of hydrogen-bond acceptors (Lipinski definition) is 6. The Morgan fingerprint density at radius 1 is 1.07 bits per heavy atom. The molecule has 8 nitrogen and oxygen atoms in total. The number of methoxy groups -OCH3 is 1. The van der Waals surface area contributed by atoms with E-state index >= 15 is 0 Å². The Balaban J connectivity index is 1.59. The van der Waals surface area contributed by atoms with Gasteiger partial charge in [-0.15, -0.1) is 0 Å². The smallest absolute Gasteiger partial charge is 0.292 e. The monoisotopic (exact) mass is 373 g/mol. The number of hydrogen-bond donors (Lipinski definition) is 2. The normalized spacial score (nSPS) is 10.1. The predicted molar refractivity (Wildman–Crippen MR) is 102 cm³/mol. The molecule has 2 aromatic rings. The number of nitrogens with one attached hydrogen (secondary N) is 2. The second kappa shape index (κ2) is 10.6. The summed E-state index contributed by atoms with van der Waals surface area (Å²) in [4.78, 5) is 22.3. The fraction of sp³-hybridized carbons (Fsp3) is 0.316. The van der Waals surface area contributed by atoms with Crippen molar-refractivity contribution < 1.29 is 19.2 Å². The summed E-state index contributed by atoms with van der Waals surface area (Å²) < 4.78 is 10.6. The van der Waals surface area contributed by atoms with Crippen molar-refractivity contribution in [2.75, 3.05) is 32.1 Å². The van der Waals surface area contributed by atoms with Crippen molar-refractivity contribution in [3.8, 4) is 11.5 Å². The van der Waals surface area contributed by atoms with Crippen molar-refractivity contribution in [1.29, 1.82) is 0 Å². The molecule has 1 amide bonds. The third-order valence-corrected chi connectivity index (χ3v) is 3.74. The number of anilines is 1. The van der Waals surface area contributed by atoms with Crippen molar-refractivity contribution in [3.63, 3.8) is 0 Å². The van der Waals surface area contributed by atoms with E-state index in [1.54, 1.807) is 25.3 Å². The highest BCUT2D eigenvalue weighted by Crippen LogP contribution is 2.22. The standard InChI is InChI=1S/C19H23N3O5/c1-26-15-8-10-16(11-9-15)27-14-4-7-19(23)21-13-12-20-17-5-2-3-6-18(17)22(24)25/h2-3,5-6,8-11,20H,4,7,12-14H2,1H3,(H,21,23). The second-order valence-electron chi connectivity index (χ2n) is 5.68. The highest BCUT2D eigenvalue weighted by atomic mass is 16.6. The molecule has 0 heterocycles. The minimum atomic E-state index is -0.441. The van der Waals surface area contributed by atoms with Gasteiger partial charge in [-0.25, -0.2) is 0 Å². The zero-order valence-corrected chi connectivity index (χ0v) is 15.1. The van der Waals surface area contributed by atoms with Crippen LogP contribution in [0, 0.1) is 10.1 Å². The zero-order chi connectivity index (χ0) is 19.5. The topological polar surface area (TPSA) is 103 Å². The molecule has 144 valence electrons. The lowest BCUT2D eigenvalue weighted by molar-refractivity contribution is -0.384. The summed E-state index contributed by atoms with van der Waals surface area (Å²) in [5, 5.41) is 16.7. The first-order valence-corrected chi connectivity index (χ1v) is 8.61. The predicted octanol–water partition coefficient (Wildman–Crippen LogP) is 2.99. The molecule has 0 saturated heterocycles. The summed E-state index contributed by atoms with van der Waals surface area (Å²) in [5.41, 5.74) is 0.448. The number of benzene rings is 2. The van der Waals surface area contributed by atoms with Crippen LogP contribution in [0.25, 0.3) is 0 Å². The van der Waals surface area contributed by atoms with E-state index in [1.807, 2.05) is 24.3 Å². The van der Waals surface area contributed by atoms with Crippen LogP contribution in [0.3, 0.4) is 0 Å². The molecule has 0 saturated carbocycles. The van der Waals surface area contributed by atoms with Gasteiger partial charge in [0, 0.05) is 25.6 Å². The van der Waals surface area contributed by atoms with E-state index in [9.17, 15) is 14.9 Å². The van der Waals surface area contributed by atoms with Crippen LogP contribution >= 0.6 is 0 Å². The van der Waals surface area contributed by atoms with Gasteiger partial charge in [-0.05, 0) is 36.8 Å². The fourth-order valence-electron chi connectivity index (χ4n) is 2.36. The van der Waals surface area contributed by atoms with Crippen molar-refractivity contribution in [3.05, 3.63) is 58.6 Å². The summed E-state index contributed by atoms with van der Waals surface area (Å²) in [6.07, 6.45) is 0.942. The highest BCUT2D eigenvalue weighted by Gasteiger charge is 2.11. The van der Waals surface area contributed by atoms with Crippen LogP contribution < -0.4 is 20.1 Å². The quantitative estimate of drug-likeness (QED) is 0.357. The van der Waals surface area contributed by atoms with E-state index in [2.05, 4.69) is 10.6 Å². The van der Waals surface area contributed by atoms with Gasteiger partial charge < -0.3 is 20.1 Å². The van der Waals surface area contributed by atoms with Gasteiger partial charge in [-0.1, -0.05) is 12.1 Å². The fourth-order valence-corrected chi connectivity index (χ4v) is 2.36. The highest BCUT2D eigenvalue weighted by molar-refractivity contribution is 5.75. The zero-order valence-electron chi connectivity index (χ0n) is 15.1. The number of nitrogens with zero attached hydrogens (tertiary/aromatic N) is 1. The minimum Gasteiger partial charge on any atom is -0.497 e. The molecule has 2 N–H and O–H groups in total. The summed E-state index contributed by atoms with van der Waals surface area (Å²) in [6.45, 7) is 1.22. The molecule has 2 rings (SSSR count). The average Bonchev–Trinajstić information content (AvgIpc) is 2.69. The van der Waals surface area contributed by atoms with E-state index in [4.69, 9.17) is 9.47 Å². The van der Waals surface area contributed by atoms with Crippen LogP contribution in [-0.4, -0.2) is 37.6 Å². The van der Waals surface area contributed by atoms with E-state index in [0.717, 1.165) is 11.5 Å². The average molecular weight is 373 g/mol. The van der Waals surface area contributed by atoms with Crippen LogP contribution in [-0.2, 0) is 4.79 Å². The lowest BCUT2D eigenvalue weighted by Crippen LogP contribution is -2.28. The number of ether oxygens (including phenoxy) is 2. The third kappa shape index (κ3) is 6.85. The Morgan fingerprint density at radius 2 is 1.78 bits per heavy atom. The molecule has 2 aromatic carbocycles. The van der Waals surface area contributed by atoms with Crippen molar-refractivity contribution in [2.45, 2.75) is 12.8 Å². The molecule has 0 aromatic heterocycles. The van der Waals surface area contributed by atoms with Gasteiger partial charge in [0.1, 0.15) is 17.2 Å². The van der Waals surface area contributed by atoms with Gasteiger partial charge in [0.15, 0.2) is 0 Å². The molecule has 0 aliphatic heterocycles. The van der Waals surface area contributed by atoms with Crippen LogP contribution in [0.1, 0.15) is 12.8 Å². The van der Waals surface area contributed by atoms with Crippen LogP contribution in [0.2, 0.25) is 0 Å². The minimum absolute atomic E-state index is 0.0134. The first kappa shape index (κ1) is 20.0. The van der Waals surface area contributed by atoms with Gasteiger partial charge in [0.25, 0.3) is 5.69 Å². The lowest BCUT2D eigenvalue weighted by Gasteiger charge is -2.09. The number of para-hydroxylation sites is 2. The number of carbonyl (C=O) groups excluding carboxylic acids is 1. The van der Waals surface area contributed by atoms with Crippen LogP contribution in [0.5, 0.6) is 11.5 Å². The lowest BCUT2D eigenvalue weighted by atomic mass is 10.2. The number of rotatable bonds is 11. The SMILES string of the molecule is COc1ccc(OCCCC(=O)NCCNc2ccccc2[N+](=O)[O-])cc1. The number of nitro groups is 1. The van der Waals surface area contributed by atoms with E-state index < -0.39 is 4.92 Å². The summed E-state index contributed by atoms with van der Waals surface area (Å²) >= 11 is 0. The first-order valence-electron chi connectivity index (χ1n) is 8.61. The van der Waals surface area contributed by atoms with E-state index in [-0.39, 0.29) is 11.6 Å². The molecular formula is C19H23N3O5. The van der Waals surface area contributed by atoms with Gasteiger partial charge in [-0.2, -0.15) is 0 Å². The molecular weight excluding hydrogens is 350 g/mol. The largest absolute Gasteiger partial charge is 0.497 e. The number of carbonyl (C=O) groups is 1. The first-order chi connectivity index (χ1) is 13.1. The number of amides is 1. The second-order valence-corrected chi connectivity index (χ2v) is 5.68. The Labute approximate surface area is 157 Å². The van der Waals surface area contributed by atoms with Crippen LogP contribution in [0.4, 0.5) is 11.4 Å². The summed E-state index contributed by atoms with van der Waals surface area (Å²) in [5.74, 6) is 1.40. The number of nitro benzene ring substituents is 1. The maximum atomic E-state index is 11.8. The molecule has 0 aliphatic rings. The van der Waals surface area contributed by atoms with Crippen LogP contribution in [0.15, 0.2) is 48.5 Å². The molecule has 0 bridgehead atoms. The van der Waals surface area contributed by atoms with Crippen molar-refractivity contribution in [2.24, 2.45) is 0 Å². The Hall–Kier alpha value is -3.29. The summed E-state index contributed by atoms with van der Waals surface area (Å²) in [6, 6.07) is 13.6. The van der Waals surface area contributed by atoms with Gasteiger partial charge in [-0.3, -0.25) is 14.9 Å². The van der Waals surface area contributed by atoms with Crippen molar-refractivity contribution in [1.82, 2.24) is 5.32 Å². The van der Waals surface area contributed by atoms with E-state index in [1.165, 1.54) is 6.07 Å². The molecule has 0 atom stereocenters. The summed E-state index contributed by atoms with van der Waals surface area (Å²) in [7, 11) is 1.60. The Morgan fingerprint density at radius 3 is 2.48 bits per heavy atom. The van der Waals surface area contributed by atoms with Crippen molar-refractivity contribution >= 4 is 17.3 Å². The van der Waals surface area contributed by atoms with Gasteiger partial charge in [0.05, 0.1) is 18.6 Å². The molecule has 0 radical (unpaired) electrons. The third-order valence-electron chi connectivity index (χ3n) is 3.74. The maximum absolute atomic E-state index is 11.8. The molecule has 0 aliphatic carbocycles. The van der Waals surface area contributed by atoms with Gasteiger partial charge in [0.2, 0.25) is 5.91 Å². The molecule has 0 unspecified atom stereocenters. The maximum Gasteiger partial charge on any atom is 0.292 e. The molecule has 0 fully saturated rings. The molecule has 8 heteroatoms.